The summed E-state index contributed by atoms with van der Waals surface area (Å²) in [5.41, 5.74) is 0. The number of rotatable bonds is 7. The van der Waals surface area contributed by atoms with Gasteiger partial charge in [0.25, 0.3) is 0 Å². The number of carboxylic acids is 1. The molecule has 0 aromatic heterocycles. The summed E-state index contributed by atoms with van der Waals surface area (Å²) < 4.78 is 0. The quantitative estimate of drug-likeness (QED) is 0.311. The SMILES string of the molecule is CC(=O)ON(CCN(OC(C)=O)OC(C)=O)OC(C)=O.CC(=O)[O-].[Na+]. The first-order chi connectivity index (χ1) is 10.9. The molecule has 0 bridgehead atoms. The van der Waals surface area contributed by atoms with Crippen molar-refractivity contribution in [1.82, 2.24) is 10.5 Å². The van der Waals surface area contributed by atoms with Crippen molar-refractivity contribution in [3.05, 3.63) is 0 Å². The van der Waals surface area contributed by atoms with Gasteiger partial charge in [-0.3, -0.25) is 19.2 Å². The van der Waals surface area contributed by atoms with Gasteiger partial charge in [0.1, 0.15) is 0 Å². The maximum atomic E-state index is 10.8. The van der Waals surface area contributed by atoms with Gasteiger partial charge in [-0.15, -0.1) is 0 Å². The summed E-state index contributed by atoms with van der Waals surface area (Å²) in [4.78, 5) is 70.3. The van der Waals surface area contributed by atoms with E-state index in [0.717, 1.165) is 34.6 Å². The van der Waals surface area contributed by atoms with Crippen LogP contribution in [-0.4, -0.2) is 53.4 Å². The largest absolute Gasteiger partial charge is 1.00 e. The van der Waals surface area contributed by atoms with Gasteiger partial charge in [0.15, 0.2) is 0 Å². The molecule has 0 radical (unpaired) electrons. The van der Waals surface area contributed by atoms with Crippen LogP contribution in [0.3, 0.4) is 0 Å². The van der Waals surface area contributed by atoms with Crippen molar-refractivity contribution >= 4 is 29.8 Å². The summed E-state index contributed by atoms with van der Waals surface area (Å²) in [6.45, 7) is 4.94. The Morgan fingerprint density at radius 2 is 0.800 bits per heavy atom. The van der Waals surface area contributed by atoms with Gasteiger partial charge in [-0.2, -0.15) is 0 Å². The standard InChI is InChI=1S/C10H16N2O8.C2H4O2.Na/c1-7(13)17-11(18-8(2)14)5-6-12(19-9(3)15)20-10(4)16;1-2(3)4;/h5-6H2,1-4H3;1H3,(H,3,4);/q;;+1/p-1. The molecule has 0 N–H and O–H groups in total. The summed E-state index contributed by atoms with van der Waals surface area (Å²) in [5.74, 6) is -3.98. The fourth-order valence-corrected chi connectivity index (χ4v) is 0.957. The zero-order chi connectivity index (χ0) is 19.3. The molecule has 0 aliphatic rings. The minimum absolute atomic E-state index is 0. The van der Waals surface area contributed by atoms with E-state index in [1.807, 2.05) is 0 Å². The number of nitrogens with zero attached hydrogens (tertiary/aromatic N) is 2. The number of hydrogen-bond acceptors (Lipinski definition) is 12. The van der Waals surface area contributed by atoms with E-state index in [0.29, 0.717) is 10.5 Å². The molecule has 0 unspecified atom stereocenters. The third-order valence-electron chi connectivity index (χ3n) is 1.39. The normalized spacial score (nSPS) is 9.08. The first-order valence-corrected chi connectivity index (χ1v) is 6.40. The van der Waals surface area contributed by atoms with Gasteiger partial charge < -0.3 is 29.3 Å². The van der Waals surface area contributed by atoms with E-state index in [2.05, 4.69) is 19.4 Å². The second kappa shape index (κ2) is 15.8. The van der Waals surface area contributed by atoms with Crippen LogP contribution < -0.4 is 34.7 Å². The van der Waals surface area contributed by atoms with Gasteiger partial charge in [-0.25, -0.2) is 0 Å². The van der Waals surface area contributed by atoms with Crippen LogP contribution in [0.25, 0.3) is 0 Å². The van der Waals surface area contributed by atoms with Crippen molar-refractivity contribution in [3.63, 3.8) is 0 Å². The average Bonchev–Trinajstić information content (AvgIpc) is 2.32. The van der Waals surface area contributed by atoms with Crippen LogP contribution >= 0.6 is 0 Å². The van der Waals surface area contributed by atoms with Crippen LogP contribution in [0.15, 0.2) is 0 Å². The van der Waals surface area contributed by atoms with Gasteiger partial charge >= 0.3 is 53.4 Å². The van der Waals surface area contributed by atoms with Crippen molar-refractivity contribution in [3.8, 4) is 0 Å². The number of carbonyl (C=O) groups is 5. The predicted molar refractivity (Wildman–Crippen MR) is 71.2 cm³/mol. The molecule has 0 rings (SSSR count). The van der Waals surface area contributed by atoms with Crippen molar-refractivity contribution in [2.75, 3.05) is 13.1 Å². The van der Waals surface area contributed by atoms with Crippen molar-refractivity contribution < 1.29 is 78.0 Å². The molecule has 0 atom stereocenters. The molecule has 0 aromatic carbocycles. The first kappa shape index (κ1) is 28.1. The topological polar surface area (TPSA) is 152 Å². The molecule has 0 fully saturated rings. The van der Waals surface area contributed by atoms with E-state index in [1.165, 1.54) is 0 Å². The fourth-order valence-electron chi connectivity index (χ4n) is 0.957. The Labute approximate surface area is 166 Å². The number of carboxylic acid groups (broad SMARTS) is 1. The Morgan fingerprint density at radius 1 is 0.640 bits per heavy atom. The number of hydrogen-bond donors (Lipinski definition) is 0. The first-order valence-electron chi connectivity index (χ1n) is 6.40. The summed E-state index contributed by atoms with van der Waals surface area (Å²) in [5, 5.41) is 10.0. The maximum absolute atomic E-state index is 10.8. The Balaban J connectivity index is -0.000000867. The van der Waals surface area contributed by atoms with Crippen LogP contribution in [0.5, 0.6) is 0 Å². The molecular weight excluding hydrogens is 355 g/mol. The van der Waals surface area contributed by atoms with Gasteiger partial charge in [0.05, 0.1) is 13.1 Å². The molecule has 25 heavy (non-hydrogen) atoms. The molecule has 12 nitrogen and oxygen atoms in total. The fraction of sp³-hybridized carbons (Fsp3) is 0.583. The molecule has 0 amide bonds. The molecule has 0 aromatic rings. The predicted octanol–water partition coefficient (Wildman–Crippen LogP) is -4.74. The summed E-state index contributed by atoms with van der Waals surface area (Å²) in [6.07, 6.45) is 0. The zero-order valence-electron chi connectivity index (χ0n) is 14.9. The van der Waals surface area contributed by atoms with Gasteiger partial charge in [0, 0.05) is 44.1 Å². The molecule has 13 heteroatoms. The zero-order valence-corrected chi connectivity index (χ0v) is 16.9. The second-order valence-electron chi connectivity index (χ2n) is 3.94. The van der Waals surface area contributed by atoms with E-state index in [1.54, 1.807) is 0 Å². The van der Waals surface area contributed by atoms with Gasteiger partial charge in [-0.05, 0) is 6.92 Å². The molecule has 0 saturated heterocycles. The monoisotopic (exact) mass is 374 g/mol. The number of carbonyl (C=O) groups excluding carboxylic acids is 5. The Bertz CT molecular complexity index is 399. The van der Waals surface area contributed by atoms with Gasteiger partial charge in [0.2, 0.25) is 0 Å². The molecule has 0 saturated carbocycles. The molecule has 0 spiro atoms. The Morgan fingerprint density at radius 3 is 0.920 bits per heavy atom. The van der Waals surface area contributed by atoms with E-state index < -0.39 is 29.8 Å². The number of hydroxylamine groups is 4. The Kier molecular flexibility index (Phi) is 17.7. The second-order valence-corrected chi connectivity index (χ2v) is 3.94. The molecule has 0 heterocycles. The van der Waals surface area contributed by atoms with Crippen LogP contribution in [0.2, 0.25) is 0 Å². The minimum Gasteiger partial charge on any atom is -0.550 e. The Hall–Kier alpha value is -1.73. The molecule has 138 valence electrons. The van der Waals surface area contributed by atoms with Crippen LogP contribution in [0, 0.1) is 0 Å². The molecular formula is C12H19N2NaO10. The molecule has 0 aliphatic carbocycles. The van der Waals surface area contributed by atoms with Crippen LogP contribution in [-0.2, 0) is 43.3 Å². The third kappa shape index (κ3) is 24.6. The van der Waals surface area contributed by atoms with E-state index in [-0.39, 0.29) is 42.6 Å². The van der Waals surface area contributed by atoms with E-state index >= 15 is 0 Å². The molecule has 0 aliphatic heterocycles. The average molecular weight is 374 g/mol. The number of aliphatic carboxylic acids is 1. The summed E-state index contributed by atoms with van der Waals surface area (Å²) >= 11 is 0. The van der Waals surface area contributed by atoms with Gasteiger partial charge in [-0.1, -0.05) is 0 Å². The maximum Gasteiger partial charge on any atom is 1.00 e. The van der Waals surface area contributed by atoms with Crippen molar-refractivity contribution in [2.45, 2.75) is 34.6 Å². The van der Waals surface area contributed by atoms with Crippen LogP contribution in [0.4, 0.5) is 0 Å². The van der Waals surface area contributed by atoms with Crippen molar-refractivity contribution in [1.29, 1.82) is 0 Å². The minimum atomic E-state index is -1.08. The summed E-state index contributed by atoms with van der Waals surface area (Å²) in [6, 6.07) is 0. The smallest absolute Gasteiger partial charge is 0.550 e. The van der Waals surface area contributed by atoms with E-state index in [4.69, 9.17) is 9.90 Å². The van der Waals surface area contributed by atoms with Crippen LogP contribution in [0.1, 0.15) is 34.6 Å². The van der Waals surface area contributed by atoms with Crippen molar-refractivity contribution in [2.24, 2.45) is 0 Å². The van der Waals surface area contributed by atoms with E-state index in [9.17, 15) is 19.2 Å². The summed E-state index contributed by atoms with van der Waals surface area (Å²) in [7, 11) is 0. The third-order valence-corrected chi connectivity index (χ3v) is 1.39.